The van der Waals surface area contributed by atoms with Crippen molar-refractivity contribution in [2.75, 3.05) is 11.9 Å². The largest absolute Gasteiger partial charge is 0.309 e. The number of amides is 1. The number of anilines is 1. The van der Waals surface area contributed by atoms with Crippen molar-refractivity contribution in [3.63, 3.8) is 0 Å². The van der Waals surface area contributed by atoms with E-state index in [0.717, 1.165) is 18.5 Å². The average Bonchev–Trinajstić information content (AvgIpc) is 2.62. The second kappa shape index (κ2) is 7.33. The van der Waals surface area contributed by atoms with Crippen molar-refractivity contribution < 1.29 is 13.2 Å². The van der Waals surface area contributed by atoms with Gasteiger partial charge in [0.15, 0.2) is 0 Å². The third-order valence-electron chi connectivity index (χ3n) is 4.25. The first-order valence-corrected chi connectivity index (χ1v) is 9.74. The van der Waals surface area contributed by atoms with Crippen molar-refractivity contribution in [2.24, 2.45) is 0 Å². The van der Waals surface area contributed by atoms with Gasteiger partial charge < -0.3 is 5.32 Å². The molecule has 25 heavy (non-hydrogen) atoms. The Morgan fingerprint density at radius 1 is 1.12 bits per heavy atom. The Morgan fingerprint density at radius 2 is 1.88 bits per heavy atom. The van der Waals surface area contributed by atoms with Crippen LogP contribution in [-0.4, -0.2) is 36.2 Å². The Hall–Kier alpha value is -2.25. The van der Waals surface area contributed by atoms with E-state index in [1.165, 1.54) is 4.31 Å². The molecule has 7 heteroatoms. The molecule has 6 nitrogen and oxygen atoms in total. The highest BCUT2D eigenvalue weighted by molar-refractivity contribution is 7.89. The maximum Gasteiger partial charge on any atom is 0.243 e. The first-order valence-electron chi connectivity index (χ1n) is 8.30. The van der Waals surface area contributed by atoms with E-state index >= 15 is 0 Å². The van der Waals surface area contributed by atoms with Gasteiger partial charge in [-0.2, -0.15) is 4.31 Å². The van der Waals surface area contributed by atoms with Crippen LogP contribution in [0.15, 0.2) is 53.4 Å². The van der Waals surface area contributed by atoms with Crippen LogP contribution < -0.4 is 5.32 Å². The number of aromatic nitrogens is 1. The molecule has 1 fully saturated rings. The number of hydrogen-bond acceptors (Lipinski definition) is 4. The molecule has 1 aromatic carbocycles. The molecule has 1 aromatic heterocycles. The second-order valence-corrected chi connectivity index (χ2v) is 7.98. The SMILES string of the molecule is Cc1cccc(NC(=O)C2CCCCN2S(=O)(=O)c2ccccc2)n1. The highest BCUT2D eigenvalue weighted by Crippen LogP contribution is 2.26. The first-order chi connectivity index (χ1) is 12.0. The topological polar surface area (TPSA) is 79.4 Å². The molecule has 1 saturated heterocycles. The van der Waals surface area contributed by atoms with Gasteiger partial charge in [-0.1, -0.05) is 30.7 Å². The zero-order valence-electron chi connectivity index (χ0n) is 14.1. The Morgan fingerprint density at radius 3 is 2.60 bits per heavy atom. The summed E-state index contributed by atoms with van der Waals surface area (Å²) < 4.78 is 27.2. The number of pyridine rings is 1. The van der Waals surface area contributed by atoms with E-state index in [-0.39, 0.29) is 10.8 Å². The minimum atomic E-state index is -3.70. The maximum atomic E-state index is 12.9. The van der Waals surface area contributed by atoms with Crippen molar-refractivity contribution in [2.45, 2.75) is 37.1 Å². The summed E-state index contributed by atoms with van der Waals surface area (Å²) >= 11 is 0. The fourth-order valence-electron chi connectivity index (χ4n) is 3.00. The van der Waals surface area contributed by atoms with Crippen molar-refractivity contribution in [1.29, 1.82) is 0 Å². The van der Waals surface area contributed by atoms with E-state index in [2.05, 4.69) is 10.3 Å². The number of benzene rings is 1. The van der Waals surface area contributed by atoms with Crippen molar-refractivity contribution >= 4 is 21.7 Å². The predicted molar refractivity (Wildman–Crippen MR) is 95.6 cm³/mol. The summed E-state index contributed by atoms with van der Waals surface area (Å²) in [6.07, 6.45) is 2.07. The molecule has 0 aliphatic carbocycles. The summed E-state index contributed by atoms with van der Waals surface area (Å²) in [5.41, 5.74) is 0.787. The van der Waals surface area contributed by atoms with Gasteiger partial charge in [0, 0.05) is 12.2 Å². The Kier molecular flexibility index (Phi) is 5.15. The molecule has 0 spiro atoms. The highest BCUT2D eigenvalue weighted by Gasteiger charge is 2.37. The van der Waals surface area contributed by atoms with Crippen LogP contribution in [0.2, 0.25) is 0 Å². The lowest BCUT2D eigenvalue weighted by Gasteiger charge is -2.33. The van der Waals surface area contributed by atoms with Crippen LogP contribution in [0.25, 0.3) is 0 Å². The van der Waals surface area contributed by atoms with Crippen LogP contribution in [0.4, 0.5) is 5.82 Å². The zero-order chi connectivity index (χ0) is 17.9. The van der Waals surface area contributed by atoms with Gasteiger partial charge in [-0.05, 0) is 44.0 Å². The third kappa shape index (κ3) is 3.88. The molecule has 2 aromatic rings. The van der Waals surface area contributed by atoms with Gasteiger partial charge in [0.05, 0.1) is 4.90 Å². The standard InChI is InChI=1S/C18H21N3O3S/c1-14-8-7-12-17(19-14)20-18(22)16-11-5-6-13-21(16)25(23,24)15-9-3-2-4-10-15/h2-4,7-10,12,16H,5-6,11,13H2,1H3,(H,19,20,22). The Labute approximate surface area is 147 Å². The lowest BCUT2D eigenvalue weighted by Crippen LogP contribution is -2.49. The van der Waals surface area contributed by atoms with E-state index in [9.17, 15) is 13.2 Å². The number of carbonyl (C=O) groups is 1. The summed E-state index contributed by atoms with van der Waals surface area (Å²) in [5.74, 6) is 0.102. The molecule has 0 saturated carbocycles. The molecule has 1 N–H and O–H groups in total. The van der Waals surface area contributed by atoms with E-state index in [0.29, 0.717) is 18.8 Å². The fourth-order valence-corrected chi connectivity index (χ4v) is 4.68. The molecule has 2 heterocycles. The number of rotatable bonds is 4. The summed E-state index contributed by atoms with van der Waals surface area (Å²) in [5, 5.41) is 2.75. The summed E-state index contributed by atoms with van der Waals surface area (Å²) in [4.78, 5) is 17.2. The third-order valence-corrected chi connectivity index (χ3v) is 6.17. The Balaban J connectivity index is 1.84. The Bertz CT molecular complexity index is 853. The van der Waals surface area contributed by atoms with Gasteiger partial charge in [0.25, 0.3) is 0 Å². The van der Waals surface area contributed by atoms with E-state index in [1.807, 2.05) is 13.0 Å². The smallest absolute Gasteiger partial charge is 0.243 e. The average molecular weight is 359 g/mol. The number of carbonyl (C=O) groups excluding carboxylic acids is 1. The molecule has 0 bridgehead atoms. The monoisotopic (exact) mass is 359 g/mol. The van der Waals surface area contributed by atoms with Gasteiger partial charge in [-0.25, -0.2) is 13.4 Å². The number of nitrogens with zero attached hydrogens (tertiary/aromatic N) is 2. The van der Waals surface area contributed by atoms with E-state index < -0.39 is 16.1 Å². The summed E-state index contributed by atoms with van der Waals surface area (Å²) in [7, 11) is -3.70. The minimum absolute atomic E-state index is 0.211. The van der Waals surface area contributed by atoms with Crippen LogP contribution in [0.1, 0.15) is 25.0 Å². The van der Waals surface area contributed by atoms with Gasteiger partial charge in [0.1, 0.15) is 11.9 Å². The molecule has 1 amide bonds. The molecule has 132 valence electrons. The molecule has 0 radical (unpaired) electrons. The lowest BCUT2D eigenvalue weighted by molar-refractivity contribution is -0.120. The van der Waals surface area contributed by atoms with Crippen molar-refractivity contribution in [1.82, 2.24) is 9.29 Å². The van der Waals surface area contributed by atoms with Crippen molar-refractivity contribution in [3.05, 3.63) is 54.2 Å². The van der Waals surface area contributed by atoms with Crippen LogP contribution in [0, 0.1) is 6.92 Å². The molecule has 3 rings (SSSR count). The van der Waals surface area contributed by atoms with E-state index in [1.54, 1.807) is 42.5 Å². The van der Waals surface area contributed by atoms with Crippen LogP contribution in [0.5, 0.6) is 0 Å². The van der Waals surface area contributed by atoms with Crippen LogP contribution in [-0.2, 0) is 14.8 Å². The summed E-state index contributed by atoms with van der Waals surface area (Å²) in [6, 6.07) is 12.9. The fraction of sp³-hybridized carbons (Fsp3) is 0.333. The van der Waals surface area contributed by atoms with Gasteiger partial charge in [-0.15, -0.1) is 0 Å². The molecule has 1 aliphatic heterocycles. The zero-order valence-corrected chi connectivity index (χ0v) is 14.9. The van der Waals surface area contributed by atoms with Gasteiger partial charge in [0.2, 0.25) is 15.9 Å². The molecule has 1 aliphatic rings. The van der Waals surface area contributed by atoms with E-state index in [4.69, 9.17) is 0 Å². The van der Waals surface area contributed by atoms with Crippen molar-refractivity contribution in [3.8, 4) is 0 Å². The van der Waals surface area contributed by atoms with Crippen LogP contribution >= 0.6 is 0 Å². The summed E-state index contributed by atoms with van der Waals surface area (Å²) in [6.45, 7) is 2.18. The van der Waals surface area contributed by atoms with Crippen LogP contribution in [0.3, 0.4) is 0 Å². The quantitative estimate of drug-likeness (QED) is 0.910. The number of sulfonamides is 1. The predicted octanol–water partition coefficient (Wildman–Crippen LogP) is 2.57. The number of hydrogen-bond donors (Lipinski definition) is 1. The molecule has 1 unspecified atom stereocenters. The molecule has 1 atom stereocenters. The molecular weight excluding hydrogens is 338 g/mol. The molecular formula is C18H21N3O3S. The number of piperidine rings is 1. The lowest BCUT2D eigenvalue weighted by atomic mass is 10.0. The van der Waals surface area contributed by atoms with Gasteiger partial charge >= 0.3 is 0 Å². The number of aryl methyl sites for hydroxylation is 1. The highest BCUT2D eigenvalue weighted by atomic mass is 32.2. The maximum absolute atomic E-state index is 12.9. The number of nitrogens with one attached hydrogen (secondary N) is 1. The van der Waals surface area contributed by atoms with Gasteiger partial charge in [-0.3, -0.25) is 4.79 Å². The first kappa shape index (κ1) is 17.6. The second-order valence-electron chi connectivity index (χ2n) is 6.09. The minimum Gasteiger partial charge on any atom is -0.309 e. The normalized spacial score (nSPS) is 18.7.